The van der Waals surface area contributed by atoms with Crippen LogP contribution in [0.15, 0.2) is 42.5 Å². The number of hydrogen-bond acceptors (Lipinski definition) is 0. The van der Waals surface area contributed by atoms with E-state index in [2.05, 4.69) is 6.07 Å². The van der Waals surface area contributed by atoms with Gasteiger partial charge in [-0.1, -0.05) is 48.0 Å². The summed E-state index contributed by atoms with van der Waals surface area (Å²) in [6, 6.07) is 14.9. The van der Waals surface area contributed by atoms with E-state index in [0.29, 0.717) is 5.56 Å². The molecule has 1 radical (unpaired) electrons. The van der Waals surface area contributed by atoms with Crippen LogP contribution in [0.4, 0.5) is 4.39 Å². The maximum Gasteiger partial charge on any atom is 0.149 e. The Morgan fingerprint density at radius 1 is 1.07 bits per heavy atom. The van der Waals surface area contributed by atoms with Crippen LogP contribution in [0.3, 0.4) is 0 Å². The van der Waals surface area contributed by atoms with Gasteiger partial charge in [0, 0.05) is 5.56 Å². The normalized spacial score (nSPS) is 10.1. The average molecular weight is 206 g/mol. The molecule has 0 aromatic heterocycles. The molecule has 14 heavy (non-hydrogen) atoms. The number of hydrogen-bond donors (Lipinski definition) is 0. The molecule has 2 rings (SSSR count). The van der Waals surface area contributed by atoms with Gasteiger partial charge in [0.1, 0.15) is 5.82 Å². The molecular weight excluding hydrogens is 199 g/mol. The number of rotatable bonds is 1. The summed E-state index contributed by atoms with van der Waals surface area (Å²) < 4.78 is 13.5. The quantitative estimate of drug-likeness (QED) is 0.662. The summed E-state index contributed by atoms with van der Waals surface area (Å²) in [6.45, 7) is 0. The predicted molar refractivity (Wildman–Crippen MR) is 55.7 cm³/mol. The smallest absolute Gasteiger partial charge is 0.149 e. The van der Waals surface area contributed by atoms with Gasteiger partial charge in [0.2, 0.25) is 0 Å². The van der Waals surface area contributed by atoms with Gasteiger partial charge in [0.25, 0.3) is 0 Å². The standard InChI is InChI=1S/C12H7ClF/c13-11-8-4-7-10(12(11)14)9-5-2-1-3-6-9/h2-8H. The van der Waals surface area contributed by atoms with Gasteiger partial charge in [0.05, 0.1) is 5.02 Å². The fourth-order valence-corrected chi connectivity index (χ4v) is 1.47. The van der Waals surface area contributed by atoms with Gasteiger partial charge in [-0.05, 0) is 17.7 Å². The molecule has 0 aliphatic heterocycles. The van der Waals surface area contributed by atoms with Crippen molar-refractivity contribution in [2.45, 2.75) is 0 Å². The van der Waals surface area contributed by atoms with E-state index in [0.717, 1.165) is 5.56 Å². The van der Waals surface area contributed by atoms with Crippen molar-refractivity contribution in [3.63, 3.8) is 0 Å². The first kappa shape index (κ1) is 9.22. The van der Waals surface area contributed by atoms with E-state index >= 15 is 0 Å². The van der Waals surface area contributed by atoms with Crippen molar-refractivity contribution in [1.29, 1.82) is 0 Å². The predicted octanol–water partition coefficient (Wildman–Crippen LogP) is 3.95. The van der Waals surface area contributed by atoms with Crippen molar-refractivity contribution in [2.75, 3.05) is 0 Å². The minimum absolute atomic E-state index is 0.148. The van der Waals surface area contributed by atoms with Gasteiger partial charge in [-0.25, -0.2) is 4.39 Å². The van der Waals surface area contributed by atoms with Crippen molar-refractivity contribution < 1.29 is 4.39 Å². The van der Waals surface area contributed by atoms with Crippen molar-refractivity contribution >= 4 is 11.6 Å². The summed E-state index contributed by atoms with van der Waals surface area (Å²) >= 11 is 5.68. The van der Waals surface area contributed by atoms with E-state index in [9.17, 15) is 4.39 Å². The van der Waals surface area contributed by atoms with E-state index in [-0.39, 0.29) is 10.8 Å². The molecule has 2 heteroatoms. The third-order valence-corrected chi connectivity index (χ3v) is 2.27. The van der Waals surface area contributed by atoms with E-state index in [1.54, 1.807) is 36.4 Å². The second-order valence-electron chi connectivity index (χ2n) is 2.89. The fourth-order valence-electron chi connectivity index (χ4n) is 1.29. The Kier molecular flexibility index (Phi) is 2.51. The summed E-state index contributed by atoms with van der Waals surface area (Å²) in [7, 11) is 0. The average Bonchev–Trinajstić information content (AvgIpc) is 2.23. The van der Waals surface area contributed by atoms with Crippen LogP contribution in [0.1, 0.15) is 0 Å². The van der Waals surface area contributed by atoms with Crippen LogP contribution >= 0.6 is 11.6 Å². The zero-order chi connectivity index (χ0) is 9.97. The molecule has 0 aliphatic carbocycles. The van der Waals surface area contributed by atoms with Crippen LogP contribution in [0.5, 0.6) is 0 Å². The largest absolute Gasteiger partial charge is 0.205 e. The van der Waals surface area contributed by atoms with Gasteiger partial charge < -0.3 is 0 Å². The molecule has 0 fully saturated rings. The molecule has 0 unspecified atom stereocenters. The SMILES string of the molecule is Fc1c(Cl)cccc1-c1cc[c]cc1. The van der Waals surface area contributed by atoms with Crippen LogP contribution in [0, 0.1) is 11.9 Å². The lowest BCUT2D eigenvalue weighted by Crippen LogP contribution is -1.84. The van der Waals surface area contributed by atoms with E-state index in [1.165, 1.54) is 6.07 Å². The fraction of sp³-hybridized carbons (Fsp3) is 0. The Morgan fingerprint density at radius 3 is 2.50 bits per heavy atom. The zero-order valence-corrected chi connectivity index (χ0v) is 8.05. The molecular formula is C12H7ClF. The second-order valence-corrected chi connectivity index (χ2v) is 3.30. The first-order chi connectivity index (χ1) is 6.79. The lowest BCUT2D eigenvalue weighted by atomic mass is 10.1. The van der Waals surface area contributed by atoms with Crippen LogP contribution in [-0.2, 0) is 0 Å². The zero-order valence-electron chi connectivity index (χ0n) is 7.30. The molecule has 0 bridgehead atoms. The highest BCUT2D eigenvalue weighted by atomic mass is 35.5. The maximum absolute atomic E-state index is 13.5. The molecule has 0 saturated carbocycles. The molecule has 0 saturated heterocycles. The van der Waals surface area contributed by atoms with E-state index in [4.69, 9.17) is 11.6 Å². The molecule has 2 aromatic rings. The maximum atomic E-state index is 13.5. The Balaban J connectivity index is 2.58. The summed E-state index contributed by atoms with van der Waals surface area (Å²) in [5, 5.41) is 0.148. The highest BCUT2D eigenvalue weighted by molar-refractivity contribution is 6.31. The van der Waals surface area contributed by atoms with Gasteiger partial charge in [-0.3, -0.25) is 0 Å². The summed E-state index contributed by atoms with van der Waals surface area (Å²) in [4.78, 5) is 0. The number of benzene rings is 2. The van der Waals surface area contributed by atoms with Crippen LogP contribution in [-0.4, -0.2) is 0 Å². The van der Waals surface area contributed by atoms with E-state index < -0.39 is 0 Å². The molecule has 0 nitrogen and oxygen atoms in total. The number of halogens is 2. The highest BCUT2D eigenvalue weighted by Gasteiger charge is 2.06. The molecule has 0 heterocycles. The lowest BCUT2D eigenvalue weighted by molar-refractivity contribution is 0.632. The topological polar surface area (TPSA) is 0 Å². The molecule has 69 valence electrons. The second kappa shape index (κ2) is 3.81. The van der Waals surface area contributed by atoms with Gasteiger partial charge in [-0.15, -0.1) is 0 Å². The molecule has 0 spiro atoms. The highest BCUT2D eigenvalue weighted by Crippen LogP contribution is 2.26. The molecule has 0 amide bonds. The summed E-state index contributed by atoms with van der Waals surface area (Å²) in [5.41, 5.74) is 1.33. The minimum atomic E-state index is -0.375. The minimum Gasteiger partial charge on any atom is -0.205 e. The van der Waals surface area contributed by atoms with Crippen LogP contribution < -0.4 is 0 Å². The van der Waals surface area contributed by atoms with Crippen molar-refractivity contribution in [1.82, 2.24) is 0 Å². The molecule has 0 atom stereocenters. The van der Waals surface area contributed by atoms with Crippen molar-refractivity contribution in [2.24, 2.45) is 0 Å². The Hall–Kier alpha value is -1.34. The van der Waals surface area contributed by atoms with E-state index in [1.807, 2.05) is 0 Å². The first-order valence-corrected chi connectivity index (χ1v) is 4.57. The molecule has 0 aliphatic rings. The molecule has 2 aromatic carbocycles. The lowest BCUT2D eigenvalue weighted by Gasteiger charge is -2.03. The Bertz CT molecular complexity index is 437. The first-order valence-electron chi connectivity index (χ1n) is 4.19. The summed E-state index contributed by atoms with van der Waals surface area (Å²) in [5.74, 6) is -0.375. The third kappa shape index (κ3) is 1.64. The van der Waals surface area contributed by atoms with Crippen molar-refractivity contribution in [3.8, 4) is 11.1 Å². The monoisotopic (exact) mass is 205 g/mol. The van der Waals surface area contributed by atoms with Crippen molar-refractivity contribution in [3.05, 3.63) is 59.4 Å². The van der Waals surface area contributed by atoms with Gasteiger partial charge in [0.15, 0.2) is 0 Å². The van der Waals surface area contributed by atoms with Crippen LogP contribution in [0.25, 0.3) is 11.1 Å². The summed E-state index contributed by atoms with van der Waals surface area (Å²) in [6.07, 6.45) is 0. The van der Waals surface area contributed by atoms with Gasteiger partial charge in [-0.2, -0.15) is 0 Å². The molecule has 0 N–H and O–H groups in total. The Morgan fingerprint density at radius 2 is 1.79 bits per heavy atom. The third-order valence-electron chi connectivity index (χ3n) is 1.98. The van der Waals surface area contributed by atoms with Gasteiger partial charge >= 0.3 is 0 Å². The van der Waals surface area contributed by atoms with Crippen LogP contribution in [0.2, 0.25) is 5.02 Å². The Labute approximate surface area is 87.0 Å².